The summed E-state index contributed by atoms with van der Waals surface area (Å²) in [6.45, 7) is 0. The molecule has 0 unspecified atom stereocenters. The highest BCUT2D eigenvalue weighted by molar-refractivity contribution is 6.29. The minimum Gasteiger partial charge on any atom is -0.477 e. The summed E-state index contributed by atoms with van der Waals surface area (Å²) < 4.78 is 1.53. The van der Waals surface area contributed by atoms with Crippen LogP contribution in [0.15, 0.2) is 36.7 Å². The van der Waals surface area contributed by atoms with Gasteiger partial charge < -0.3 is 9.67 Å². The highest BCUT2D eigenvalue weighted by Crippen LogP contribution is 2.13. The molecule has 0 bridgehead atoms. The van der Waals surface area contributed by atoms with Crippen LogP contribution >= 0.6 is 11.6 Å². The van der Waals surface area contributed by atoms with Crippen LogP contribution in [0.25, 0.3) is 5.69 Å². The van der Waals surface area contributed by atoms with Crippen molar-refractivity contribution in [3.8, 4) is 5.69 Å². The van der Waals surface area contributed by atoms with Gasteiger partial charge in [-0.3, -0.25) is 0 Å². The molecule has 0 amide bonds. The van der Waals surface area contributed by atoms with Crippen LogP contribution in [-0.2, 0) is 0 Å². The van der Waals surface area contributed by atoms with Crippen LogP contribution in [-0.4, -0.2) is 20.6 Å². The van der Waals surface area contributed by atoms with Crippen molar-refractivity contribution in [2.24, 2.45) is 0 Å². The molecule has 0 aliphatic carbocycles. The molecule has 0 saturated heterocycles. The molecule has 1 N–H and O–H groups in total. The molecule has 0 aromatic carbocycles. The van der Waals surface area contributed by atoms with Crippen molar-refractivity contribution < 1.29 is 9.90 Å². The molecule has 0 aliphatic rings. The molecule has 2 rings (SSSR count). The molecule has 15 heavy (non-hydrogen) atoms. The number of carbonyl (C=O) groups is 1. The highest BCUT2D eigenvalue weighted by atomic mass is 35.5. The average molecular weight is 223 g/mol. The summed E-state index contributed by atoms with van der Waals surface area (Å²) in [4.78, 5) is 14.7. The molecular weight excluding hydrogens is 216 g/mol. The molecule has 0 atom stereocenters. The van der Waals surface area contributed by atoms with E-state index in [4.69, 9.17) is 16.7 Å². The molecule has 0 saturated carbocycles. The number of rotatable bonds is 2. The number of halogens is 1. The largest absolute Gasteiger partial charge is 0.477 e. The highest BCUT2D eigenvalue weighted by Gasteiger charge is 2.09. The van der Waals surface area contributed by atoms with E-state index in [9.17, 15) is 4.79 Å². The van der Waals surface area contributed by atoms with Crippen molar-refractivity contribution in [2.75, 3.05) is 0 Å². The van der Waals surface area contributed by atoms with Gasteiger partial charge in [0.1, 0.15) is 10.8 Å². The maximum Gasteiger partial charge on any atom is 0.352 e. The van der Waals surface area contributed by atoms with Gasteiger partial charge >= 0.3 is 5.97 Å². The summed E-state index contributed by atoms with van der Waals surface area (Å²) in [6, 6.07) is 6.51. The van der Waals surface area contributed by atoms with Crippen molar-refractivity contribution in [1.29, 1.82) is 0 Å². The third-order valence-corrected chi connectivity index (χ3v) is 2.18. The predicted molar refractivity (Wildman–Crippen MR) is 55.5 cm³/mol. The molecule has 0 radical (unpaired) electrons. The van der Waals surface area contributed by atoms with E-state index in [-0.39, 0.29) is 5.69 Å². The Bertz CT molecular complexity index is 490. The first-order valence-corrected chi connectivity index (χ1v) is 4.59. The normalized spacial score (nSPS) is 10.2. The van der Waals surface area contributed by atoms with Crippen molar-refractivity contribution in [1.82, 2.24) is 9.55 Å². The van der Waals surface area contributed by atoms with Gasteiger partial charge in [-0.2, -0.15) is 0 Å². The first-order valence-electron chi connectivity index (χ1n) is 4.21. The molecule has 4 nitrogen and oxygen atoms in total. The number of carboxylic acid groups (broad SMARTS) is 1. The molecule has 0 fully saturated rings. The Morgan fingerprint density at radius 2 is 2.20 bits per heavy atom. The number of hydrogen-bond acceptors (Lipinski definition) is 2. The van der Waals surface area contributed by atoms with Gasteiger partial charge in [-0.05, 0) is 24.3 Å². The van der Waals surface area contributed by atoms with Gasteiger partial charge in [0.25, 0.3) is 0 Å². The molecule has 76 valence electrons. The molecule has 0 spiro atoms. The van der Waals surface area contributed by atoms with E-state index >= 15 is 0 Å². The Morgan fingerprint density at radius 1 is 1.40 bits per heavy atom. The fourth-order valence-electron chi connectivity index (χ4n) is 1.29. The molecule has 2 heterocycles. The first-order chi connectivity index (χ1) is 7.18. The van der Waals surface area contributed by atoms with Crippen molar-refractivity contribution in [3.63, 3.8) is 0 Å². The Labute approximate surface area is 90.8 Å². The average Bonchev–Trinajstić information content (AvgIpc) is 2.67. The van der Waals surface area contributed by atoms with E-state index in [1.54, 1.807) is 24.4 Å². The van der Waals surface area contributed by atoms with Crippen molar-refractivity contribution >= 4 is 17.6 Å². The van der Waals surface area contributed by atoms with Crippen LogP contribution in [0, 0.1) is 0 Å². The van der Waals surface area contributed by atoms with E-state index in [1.165, 1.54) is 16.8 Å². The SMILES string of the molecule is O=C(O)c1cccn1-c1ccc(Cl)nc1. The summed E-state index contributed by atoms with van der Waals surface area (Å²) in [5.74, 6) is -0.977. The van der Waals surface area contributed by atoms with E-state index in [0.717, 1.165) is 0 Å². The smallest absolute Gasteiger partial charge is 0.352 e. The monoisotopic (exact) mass is 222 g/mol. The quantitative estimate of drug-likeness (QED) is 0.793. The Hall–Kier alpha value is -1.81. The maximum atomic E-state index is 10.9. The number of carboxylic acids is 1. The van der Waals surface area contributed by atoms with Crippen LogP contribution in [0.5, 0.6) is 0 Å². The standard InChI is InChI=1S/C10H7ClN2O2/c11-9-4-3-7(6-12-9)13-5-1-2-8(13)10(14)15/h1-6H,(H,14,15). The Balaban J connectivity index is 2.49. The van der Waals surface area contributed by atoms with Gasteiger partial charge in [0.05, 0.1) is 11.9 Å². The van der Waals surface area contributed by atoms with Crippen LogP contribution in [0.1, 0.15) is 10.5 Å². The van der Waals surface area contributed by atoms with E-state index < -0.39 is 5.97 Å². The molecular formula is C10H7ClN2O2. The zero-order valence-corrected chi connectivity index (χ0v) is 8.35. The Morgan fingerprint density at radius 3 is 2.80 bits per heavy atom. The number of aromatic carboxylic acids is 1. The molecule has 5 heteroatoms. The summed E-state index contributed by atoms with van der Waals surface area (Å²) in [5, 5.41) is 9.28. The second-order valence-electron chi connectivity index (χ2n) is 2.91. The third kappa shape index (κ3) is 1.85. The fraction of sp³-hybridized carbons (Fsp3) is 0. The topological polar surface area (TPSA) is 55.1 Å². The summed E-state index contributed by atoms with van der Waals surface area (Å²) in [7, 11) is 0. The lowest BCUT2D eigenvalue weighted by molar-refractivity contribution is 0.0688. The molecule has 2 aromatic rings. The van der Waals surface area contributed by atoms with Gasteiger partial charge in [-0.25, -0.2) is 9.78 Å². The number of aromatic nitrogens is 2. The van der Waals surface area contributed by atoms with Gasteiger partial charge in [0.2, 0.25) is 0 Å². The maximum absolute atomic E-state index is 10.9. The van der Waals surface area contributed by atoms with Gasteiger partial charge in [0.15, 0.2) is 0 Å². The van der Waals surface area contributed by atoms with Gasteiger partial charge in [0, 0.05) is 6.20 Å². The summed E-state index contributed by atoms with van der Waals surface area (Å²) in [6.07, 6.45) is 3.18. The third-order valence-electron chi connectivity index (χ3n) is 1.96. The second kappa shape index (κ2) is 3.74. The van der Waals surface area contributed by atoms with Crippen molar-refractivity contribution in [2.45, 2.75) is 0 Å². The lowest BCUT2D eigenvalue weighted by Gasteiger charge is -2.04. The van der Waals surface area contributed by atoms with Crippen LogP contribution in [0.4, 0.5) is 0 Å². The zero-order chi connectivity index (χ0) is 10.8. The van der Waals surface area contributed by atoms with Crippen LogP contribution in [0.3, 0.4) is 0 Å². The Kier molecular flexibility index (Phi) is 2.43. The second-order valence-corrected chi connectivity index (χ2v) is 3.29. The van der Waals surface area contributed by atoms with Crippen molar-refractivity contribution in [3.05, 3.63) is 47.5 Å². The van der Waals surface area contributed by atoms with E-state index in [2.05, 4.69) is 4.98 Å². The van der Waals surface area contributed by atoms with Crippen LogP contribution < -0.4 is 0 Å². The zero-order valence-electron chi connectivity index (χ0n) is 7.59. The molecule has 0 aliphatic heterocycles. The first kappa shape index (κ1) is 9.73. The van der Waals surface area contributed by atoms with E-state index in [0.29, 0.717) is 10.8 Å². The number of pyridine rings is 1. The number of hydrogen-bond donors (Lipinski definition) is 1. The number of nitrogens with zero attached hydrogens (tertiary/aromatic N) is 2. The minimum atomic E-state index is -0.977. The lowest BCUT2D eigenvalue weighted by atomic mass is 10.4. The van der Waals surface area contributed by atoms with Crippen LogP contribution in [0.2, 0.25) is 5.15 Å². The van der Waals surface area contributed by atoms with E-state index in [1.807, 2.05) is 0 Å². The molecule has 2 aromatic heterocycles. The fourth-order valence-corrected chi connectivity index (χ4v) is 1.40. The summed E-state index contributed by atoms with van der Waals surface area (Å²) >= 11 is 5.64. The van der Waals surface area contributed by atoms with Gasteiger partial charge in [-0.1, -0.05) is 11.6 Å². The lowest BCUT2D eigenvalue weighted by Crippen LogP contribution is -2.05. The predicted octanol–water partition coefficient (Wildman–Crippen LogP) is 2.22. The summed E-state index contributed by atoms with van der Waals surface area (Å²) in [5.41, 5.74) is 0.862. The van der Waals surface area contributed by atoms with Gasteiger partial charge in [-0.15, -0.1) is 0 Å². The minimum absolute atomic E-state index is 0.194.